The van der Waals surface area contributed by atoms with Gasteiger partial charge >= 0.3 is 6.68 Å². The van der Waals surface area contributed by atoms with Crippen molar-refractivity contribution in [2.75, 3.05) is 0 Å². The van der Waals surface area contributed by atoms with E-state index in [1.807, 2.05) is 27.7 Å². The lowest BCUT2D eigenvalue weighted by atomic mass is 10.1. The summed E-state index contributed by atoms with van der Waals surface area (Å²) >= 11 is 0. The van der Waals surface area contributed by atoms with E-state index in [-0.39, 0.29) is 0 Å². The van der Waals surface area contributed by atoms with Crippen molar-refractivity contribution in [3.8, 4) is 5.75 Å². The molecule has 1 aromatic rings. The molecule has 0 radical (unpaired) electrons. The van der Waals surface area contributed by atoms with Crippen LogP contribution in [-0.2, 0) is 6.42 Å². The third kappa shape index (κ3) is 9.40. The molecule has 1 aliphatic rings. The van der Waals surface area contributed by atoms with Gasteiger partial charge in [-0.15, -0.1) is 0 Å². The minimum absolute atomic E-state index is 0.367. The first kappa shape index (κ1) is 20.1. The molecule has 1 atom stereocenters. The van der Waals surface area contributed by atoms with Crippen molar-refractivity contribution in [3.05, 3.63) is 29.3 Å². The van der Waals surface area contributed by atoms with Crippen LogP contribution in [0.15, 0.2) is 18.2 Å². The molecule has 0 aromatic heterocycles. The lowest BCUT2D eigenvalue weighted by Crippen LogP contribution is -2.05. The molecule has 1 nitrogen and oxygen atoms in total. The molecule has 2 rings (SSSR count). The van der Waals surface area contributed by atoms with Crippen LogP contribution in [0.5, 0.6) is 5.75 Å². The summed E-state index contributed by atoms with van der Waals surface area (Å²) in [6.07, 6.45) is 1.43. The smallest absolute Gasteiger partial charge is 0.379 e. The van der Waals surface area contributed by atoms with Crippen molar-refractivity contribution in [1.29, 1.82) is 0 Å². The first-order chi connectivity index (χ1) is 8.99. The van der Waals surface area contributed by atoms with Gasteiger partial charge in [-0.05, 0) is 25.5 Å². The fourth-order valence-electron chi connectivity index (χ4n) is 1.55. The van der Waals surface area contributed by atoms with Crippen LogP contribution in [0.25, 0.3) is 0 Å². The zero-order chi connectivity index (χ0) is 15.4. The molecule has 0 spiro atoms. The van der Waals surface area contributed by atoms with Crippen LogP contribution in [0.3, 0.4) is 0 Å². The Morgan fingerprint density at radius 3 is 2.05 bits per heavy atom. The predicted molar refractivity (Wildman–Crippen MR) is 74.8 cm³/mol. The summed E-state index contributed by atoms with van der Waals surface area (Å²) in [4.78, 5) is 0. The SMILES string of the molecule is CC.CC.Cc1ccc2c(c1)CC(C)O2.FC(F)F. The Kier molecular flexibility index (Phi) is 12.6. The van der Waals surface area contributed by atoms with Gasteiger partial charge in [0.05, 0.1) is 0 Å². The zero-order valence-corrected chi connectivity index (χ0v) is 12.6. The van der Waals surface area contributed by atoms with E-state index >= 15 is 0 Å². The standard InChI is InChI=1S/C10H12O.2C2H6.CHF3/c1-7-3-4-10-9(5-7)6-8(2)11-10;2*1-2;2-1(3)4/h3-5,8H,6H2,1-2H3;2*1-2H3;1H. The average molecular weight is 278 g/mol. The monoisotopic (exact) mass is 278 g/mol. The van der Waals surface area contributed by atoms with Crippen LogP contribution >= 0.6 is 0 Å². The van der Waals surface area contributed by atoms with Crippen molar-refractivity contribution < 1.29 is 17.9 Å². The molecule has 0 N–H and O–H groups in total. The summed E-state index contributed by atoms with van der Waals surface area (Å²) in [7, 11) is 0. The van der Waals surface area contributed by atoms with Crippen molar-refractivity contribution in [3.63, 3.8) is 0 Å². The second kappa shape index (κ2) is 11.9. The first-order valence-electron chi connectivity index (χ1n) is 6.67. The third-order valence-electron chi connectivity index (χ3n) is 2.05. The second-order valence-corrected chi connectivity index (χ2v) is 3.49. The van der Waals surface area contributed by atoms with Crippen molar-refractivity contribution in [2.45, 2.75) is 60.7 Å². The Balaban J connectivity index is 0. The maximum absolute atomic E-state index is 9.67. The normalized spacial score (nSPS) is 14.7. The molecular formula is C15H25F3O. The number of benzene rings is 1. The van der Waals surface area contributed by atoms with Gasteiger partial charge in [0, 0.05) is 6.42 Å². The summed E-state index contributed by atoms with van der Waals surface area (Å²) in [5.74, 6) is 1.07. The first-order valence-corrected chi connectivity index (χ1v) is 6.67. The van der Waals surface area contributed by atoms with E-state index < -0.39 is 6.68 Å². The highest BCUT2D eigenvalue weighted by Crippen LogP contribution is 2.28. The Morgan fingerprint density at radius 2 is 1.58 bits per heavy atom. The van der Waals surface area contributed by atoms with Gasteiger partial charge in [-0.25, -0.2) is 0 Å². The molecule has 1 unspecified atom stereocenters. The van der Waals surface area contributed by atoms with E-state index in [4.69, 9.17) is 4.74 Å². The molecule has 112 valence electrons. The van der Waals surface area contributed by atoms with Gasteiger partial charge in [0.1, 0.15) is 11.9 Å². The maximum atomic E-state index is 9.67. The number of aryl methyl sites for hydroxylation is 1. The van der Waals surface area contributed by atoms with E-state index in [1.165, 1.54) is 11.1 Å². The Bertz CT molecular complexity index is 324. The minimum atomic E-state index is -3.67. The van der Waals surface area contributed by atoms with E-state index in [0.717, 1.165) is 12.2 Å². The van der Waals surface area contributed by atoms with Crippen LogP contribution < -0.4 is 4.74 Å². The molecule has 1 heterocycles. The molecule has 1 aromatic carbocycles. The van der Waals surface area contributed by atoms with E-state index in [9.17, 15) is 13.2 Å². The van der Waals surface area contributed by atoms with Gasteiger partial charge in [0.25, 0.3) is 0 Å². The van der Waals surface area contributed by atoms with E-state index in [0.29, 0.717) is 6.10 Å². The molecule has 0 amide bonds. The van der Waals surface area contributed by atoms with Crippen molar-refractivity contribution in [1.82, 2.24) is 0 Å². The van der Waals surface area contributed by atoms with Gasteiger partial charge in [0.15, 0.2) is 0 Å². The second-order valence-electron chi connectivity index (χ2n) is 3.49. The lowest BCUT2D eigenvalue weighted by molar-refractivity contribution is 0.00819. The number of rotatable bonds is 0. The number of hydrogen-bond acceptors (Lipinski definition) is 1. The van der Waals surface area contributed by atoms with Crippen LogP contribution in [0.2, 0.25) is 0 Å². The molecular weight excluding hydrogens is 253 g/mol. The summed E-state index contributed by atoms with van der Waals surface area (Å²) in [5, 5.41) is 0. The third-order valence-corrected chi connectivity index (χ3v) is 2.05. The average Bonchev–Trinajstić information content (AvgIpc) is 2.73. The summed E-state index contributed by atoms with van der Waals surface area (Å²) in [5.41, 5.74) is 2.68. The van der Waals surface area contributed by atoms with E-state index in [2.05, 4.69) is 32.0 Å². The predicted octanol–water partition coefficient (Wildman–Crippen LogP) is 5.55. The van der Waals surface area contributed by atoms with Gasteiger partial charge in [-0.1, -0.05) is 45.4 Å². The van der Waals surface area contributed by atoms with Gasteiger partial charge in [-0.2, -0.15) is 13.2 Å². The highest BCUT2D eigenvalue weighted by molar-refractivity contribution is 5.40. The topological polar surface area (TPSA) is 9.23 Å². The number of alkyl halides is 3. The van der Waals surface area contributed by atoms with Crippen LogP contribution in [0.4, 0.5) is 13.2 Å². The van der Waals surface area contributed by atoms with Crippen LogP contribution in [0, 0.1) is 6.92 Å². The van der Waals surface area contributed by atoms with E-state index in [1.54, 1.807) is 0 Å². The highest BCUT2D eigenvalue weighted by Gasteiger charge is 2.17. The molecule has 0 bridgehead atoms. The zero-order valence-electron chi connectivity index (χ0n) is 12.6. The number of fused-ring (bicyclic) bond motifs is 1. The number of halogens is 3. The lowest BCUT2D eigenvalue weighted by Gasteiger charge is -2.01. The molecule has 1 aliphatic heterocycles. The Hall–Kier alpha value is -1.19. The molecule has 4 heteroatoms. The number of ether oxygens (including phenoxy) is 1. The minimum Gasteiger partial charge on any atom is -0.490 e. The van der Waals surface area contributed by atoms with Gasteiger partial charge in [0.2, 0.25) is 0 Å². The summed E-state index contributed by atoms with van der Waals surface area (Å²) in [6, 6.07) is 6.36. The van der Waals surface area contributed by atoms with Crippen LogP contribution in [0.1, 0.15) is 45.7 Å². The van der Waals surface area contributed by atoms with Gasteiger partial charge in [-0.3, -0.25) is 0 Å². The molecule has 0 saturated carbocycles. The van der Waals surface area contributed by atoms with Crippen LogP contribution in [-0.4, -0.2) is 12.8 Å². The Labute approximate surface area is 114 Å². The number of hydrogen-bond donors (Lipinski definition) is 0. The quantitative estimate of drug-likeness (QED) is 0.604. The highest BCUT2D eigenvalue weighted by atomic mass is 19.4. The fraction of sp³-hybridized carbons (Fsp3) is 0.600. The molecule has 0 fully saturated rings. The van der Waals surface area contributed by atoms with Gasteiger partial charge < -0.3 is 4.74 Å². The maximum Gasteiger partial charge on any atom is 0.379 e. The fourth-order valence-corrected chi connectivity index (χ4v) is 1.55. The summed E-state index contributed by atoms with van der Waals surface area (Å²) in [6.45, 7) is 8.55. The van der Waals surface area contributed by atoms with Crippen molar-refractivity contribution in [2.24, 2.45) is 0 Å². The molecule has 19 heavy (non-hydrogen) atoms. The summed E-state index contributed by atoms with van der Waals surface area (Å²) < 4.78 is 34.6. The van der Waals surface area contributed by atoms with Crippen molar-refractivity contribution >= 4 is 0 Å². The largest absolute Gasteiger partial charge is 0.490 e. The molecule has 0 saturated heterocycles. The Morgan fingerprint density at radius 1 is 1.11 bits per heavy atom. The molecule has 0 aliphatic carbocycles.